The van der Waals surface area contributed by atoms with Crippen molar-refractivity contribution in [3.05, 3.63) is 0 Å². The van der Waals surface area contributed by atoms with E-state index in [1.165, 1.54) is 0 Å². The van der Waals surface area contributed by atoms with Crippen LogP contribution in [-0.2, 0) is 9.63 Å². The van der Waals surface area contributed by atoms with Crippen molar-refractivity contribution in [2.75, 3.05) is 26.2 Å². The Balaban J connectivity index is 2.42. The molecular formula is C13H23F3N2O2. The van der Waals surface area contributed by atoms with E-state index in [1.54, 1.807) is 30.7 Å². The fourth-order valence-electron chi connectivity index (χ4n) is 1.90. The summed E-state index contributed by atoms with van der Waals surface area (Å²) in [6, 6.07) is -0.0705. The molecule has 1 atom stereocenters. The first-order chi connectivity index (χ1) is 8.99. The zero-order chi connectivity index (χ0) is 15.6. The maximum atomic E-state index is 12.2. The fraction of sp³-hybridized carbons (Fsp3) is 0.923. The Hall–Kier alpha value is -0.820. The second-order valence-electron chi connectivity index (χ2n) is 6.27. The smallest absolute Gasteiger partial charge is 0.367 e. The van der Waals surface area contributed by atoms with Gasteiger partial charge in [0.2, 0.25) is 0 Å². The van der Waals surface area contributed by atoms with Crippen molar-refractivity contribution in [3.63, 3.8) is 0 Å². The van der Waals surface area contributed by atoms with Gasteiger partial charge in [-0.2, -0.15) is 13.2 Å². The monoisotopic (exact) mass is 296 g/mol. The molecule has 0 unspecified atom stereocenters. The van der Waals surface area contributed by atoms with Crippen LogP contribution in [0.4, 0.5) is 13.2 Å². The lowest BCUT2D eigenvalue weighted by Gasteiger charge is -2.39. The van der Waals surface area contributed by atoms with Crippen molar-refractivity contribution in [2.24, 2.45) is 5.41 Å². The van der Waals surface area contributed by atoms with Gasteiger partial charge in [0, 0.05) is 25.7 Å². The molecular weight excluding hydrogens is 273 g/mol. The topological polar surface area (TPSA) is 32.8 Å². The highest BCUT2D eigenvalue weighted by atomic mass is 19.4. The van der Waals surface area contributed by atoms with Crippen LogP contribution in [0, 0.1) is 5.41 Å². The summed E-state index contributed by atoms with van der Waals surface area (Å²) in [5.74, 6) is -0.326. The van der Waals surface area contributed by atoms with Gasteiger partial charge in [-0.3, -0.25) is 4.90 Å². The van der Waals surface area contributed by atoms with Crippen molar-refractivity contribution in [1.82, 2.24) is 9.96 Å². The number of rotatable bonds is 3. The van der Waals surface area contributed by atoms with E-state index in [4.69, 9.17) is 4.84 Å². The number of halogens is 3. The van der Waals surface area contributed by atoms with Crippen LogP contribution in [0.1, 0.15) is 34.1 Å². The van der Waals surface area contributed by atoms with E-state index in [-0.39, 0.29) is 18.6 Å². The van der Waals surface area contributed by atoms with E-state index in [0.717, 1.165) is 0 Å². The van der Waals surface area contributed by atoms with Gasteiger partial charge in [0.25, 0.3) is 0 Å². The minimum absolute atomic E-state index is 0.00821. The summed E-state index contributed by atoms with van der Waals surface area (Å²) >= 11 is 0. The maximum Gasteiger partial charge on any atom is 0.390 e. The van der Waals surface area contributed by atoms with Crippen LogP contribution in [0.15, 0.2) is 0 Å². The molecule has 7 heteroatoms. The summed E-state index contributed by atoms with van der Waals surface area (Å²) in [7, 11) is 0. The third kappa shape index (κ3) is 5.66. The van der Waals surface area contributed by atoms with Gasteiger partial charge in [0.15, 0.2) is 0 Å². The number of carbonyl (C=O) groups is 1. The highest BCUT2D eigenvalue weighted by Crippen LogP contribution is 2.22. The molecule has 0 saturated carbocycles. The normalized spacial score (nSPS) is 22.9. The molecule has 0 radical (unpaired) electrons. The van der Waals surface area contributed by atoms with Crippen molar-refractivity contribution in [3.8, 4) is 0 Å². The van der Waals surface area contributed by atoms with Gasteiger partial charge in [-0.05, 0) is 27.7 Å². The Labute approximate surface area is 117 Å². The van der Waals surface area contributed by atoms with E-state index in [9.17, 15) is 18.0 Å². The molecule has 20 heavy (non-hydrogen) atoms. The van der Waals surface area contributed by atoms with E-state index in [0.29, 0.717) is 19.6 Å². The first-order valence-electron chi connectivity index (χ1n) is 6.77. The molecule has 1 aliphatic rings. The SMILES string of the molecule is C[C@@H]1CN(OC(=O)C(C)(C)C)CCN1CCC(F)(F)F. The van der Waals surface area contributed by atoms with Crippen molar-refractivity contribution in [1.29, 1.82) is 0 Å². The predicted octanol–water partition coefficient (Wildman–Crippen LogP) is 2.45. The minimum Gasteiger partial charge on any atom is -0.367 e. The van der Waals surface area contributed by atoms with Crippen LogP contribution in [0.3, 0.4) is 0 Å². The van der Waals surface area contributed by atoms with Crippen LogP contribution in [0.25, 0.3) is 0 Å². The number of carbonyl (C=O) groups excluding carboxylic acids is 1. The largest absolute Gasteiger partial charge is 0.390 e. The quantitative estimate of drug-likeness (QED) is 0.801. The maximum absolute atomic E-state index is 12.2. The Morgan fingerprint density at radius 2 is 1.85 bits per heavy atom. The standard InChI is InChI=1S/C13H23F3N2O2/c1-10-9-18(20-11(19)12(2,3)4)8-7-17(10)6-5-13(14,15)16/h10H,5-9H2,1-4H3/t10-/m1/s1. The number of nitrogens with zero attached hydrogens (tertiary/aromatic N) is 2. The van der Waals surface area contributed by atoms with Crippen molar-refractivity contribution < 1.29 is 22.8 Å². The molecule has 0 N–H and O–H groups in total. The number of hydrogen-bond donors (Lipinski definition) is 0. The molecule has 0 spiro atoms. The third-order valence-corrected chi connectivity index (χ3v) is 3.23. The molecule has 0 aliphatic carbocycles. The van der Waals surface area contributed by atoms with Crippen LogP contribution in [0.5, 0.6) is 0 Å². The summed E-state index contributed by atoms with van der Waals surface area (Å²) in [4.78, 5) is 18.8. The average molecular weight is 296 g/mol. The number of hydroxylamine groups is 2. The van der Waals surface area contributed by atoms with Crippen LogP contribution >= 0.6 is 0 Å². The third-order valence-electron chi connectivity index (χ3n) is 3.23. The molecule has 0 aromatic heterocycles. The molecule has 1 saturated heterocycles. The van der Waals surface area contributed by atoms with E-state index in [2.05, 4.69) is 0 Å². The van der Waals surface area contributed by atoms with E-state index in [1.807, 2.05) is 6.92 Å². The van der Waals surface area contributed by atoms with Gasteiger partial charge < -0.3 is 4.84 Å². The summed E-state index contributed by atoms with van der Waals surface area (Å²) in [5.41, 5.74) is -0.587. The van der Waals surface area contributed by atoms with E-state index < -0.39 is 18.0 Å². The lowest BCUT2D eigenvalue weighted by Crippen LogP contribution is -2.53. The molecule has 4 nitrogen and oxygen atoms in total. The number of alkyl halides is 3. The zero-order valence-electron chi connectivity index (χ0n) is 12.5. The highest BCUT2D eigenvalue weighted by Gasteiger charge is 2.33. The second-order valence-corrected chi connectivity index (χ2v) is 6.27. The fourth-order valence-corrected chi connectivity index (χ4v) is 1.90. The molecule has 0 aromatic rings. The zero-order valence-corrected chi connectivity index (χ0v) is 12.5. The molecule has 0 aromatic carbocycles. The lowest BCUT2D eigenvalue weighted by atomic mass is 9.98. The summed E-state index contributed by atoms with van der Waals surface area (Å²) < 4.78 is 36.6. The number of piperazine rings is 1. The minimum atomic E-state index is -4.13. The Bertz CT molecular complexity index is 339. The van der Waals surface area contributed by atoms with Gasteiger partial charge in [0.1, 0.15) is 0 Å². The molecule has 1 fully saturated rings. The lowest BCUT2D eigenvalue weighted by molar-refractivity contribution is -0.211. The summed E-state index contributed by atoms with van der Waals surface area (Å²) in [6.07, 6.45) is -4.94. The van der Waals surface area contributed by atoms with Crippen molar-refractivity contribution in [2.45, 2.75) is 46.3 Å². The van der Waals surface area contributed by atoms with Gasteiger partial charge in [-0.1, -0.05) is 0 Å². The molecule has 1 rings (SSSR count). The molecule has 0 bridgehead atoms. The highest BCUT2D eigenvalue weighted by molar-refractivity contribution is 5.75. The van der Waals surface area contributed by atoms with Crippen LogP contribution in [0.2, 0.25) is 0 Å². The van der Waals surface area contributed by atoms with E-state index >= 15 is 0 Å². The van der Waals surface area contributed by atoms with Gasteiger partial charge in [0.05, 0.1) is 18.4 Å². The first kappa shape index (κ1) is 17.2. The summed E-state index contributed by atoms with van der Waals surface area (Å²) in [5, 5.41) is 1.54. The predicted molar refractivity (Wildman–Crippen MR) is 68.8 cm³/mol. The van der Waals surface area contributed by atoms with Crippen LogP contribution < -0.4 is 0 Å². The first-order valence-corrected chi connectivity index (χ1v) is 6.77. The number of hydrogen-bond acceptors (Lipinski definition) is 4. The molecule has 118 valence electrons. The Morgan fingerprint density at radius 1 is 1.25 bits per heavy atom. The summed E-state index contributed by atoms with van der Waals surface area (Å²) in [6.45, 7) is 8.45. The second kappa shape index (κ2) is 6.30. The molecule has 1 aliphatic heterocycles. The molecule has 1 heterocycles. The van der Waals surface area contributed by atoms with Crippen LogP contribution in [-0.4, -0.2) is 54.3 Å². The average Bonchev–Trinajstić information content (AvgIpc) is 2.25. The van der Waals surface area contributed by atoms with Gasteiger partial charge in [-0.25, -0.2) is 4.79 Å². The Morgan fingerprint density at radius 3 is 2.30 bits per heavy atom. The molecule has 0 amide bonds. The Kier molecular flexibility index (Phi) is 5.43. The van der Waals surface area contributed by atoms with Gasteiger partial charge in [-0.15, -0.1) is 5.06 Å². The van der Waals surface area contributed by atoms with Gasteiger partial charge >= 0.3 is 12.1 Å². The van der Waals surface area contributed by atoms with Crippen molar-refractivity contribution >= 4 is 5.97 Å².